The van der Waals surface area contributed by atoms with Crippen LogP contribution in [0.2, 0.25) is 0 Å². The minimum atomic E-state index is -0.0464. The van der Waals surface area contributed by atoms with Crippen molar-refractivity contribution in [2.45, 2.75) is 6.42 Å². The Kier molecular flexibility index (Phi) is 5.95. The highest BCUT2D eigenvalue weighted by Gasteiger charge is 2.13. The van der Waals surface area contributed by atoms with Gasteiger partial charge >= 0.3 is 0 Å². The average Bonchev–Trinajstić information content (AvgIpc) is 2.60. The van der Waals surface area contributed by atoms with Gasteiger partial charge in [-0.1, -0.05) is 36.4 Å². The van der Waals surface area contributed by atoms with E-state index in [1.165, 1.54) is 0 Å². The van der Waals surface area contributed by atoms with E-state index in [2.05, 4.69) is 5.32 Å². The Hall–Kier alpha value is -2.82. The van der Waals surface area contributed by atoms with Crippen molar-refractivity contribution in [1.29, 1.82) is 0 Å². The zero-order chi connectivity index (χ0) is 17.5. The molecule has 0 aromatic heterocycles. The molecule has 0 bridgehead atoms. The number of likely N-dealkylation sites (N-methyl/N-ethyl adjacent to an activating group) is 2. The highest BCUT2D eigenvalue weighted by Crippen LogP contribution is 2.17. The second-order valence-electron chi connectivity index (χ2n) is 5.76. The molecule has 2 aromatic rings. The number of para-hydroxylation sites is 2. The van der Waals surface area contributed by atoms with E-state index >= 15 is 0 Å². The Morgan fingerprint density at radius 1 is 0.875 bits per heavy atom. The predicted molar refractivity (Wildman–Crippen MR) is 97.2 cm³/mol. The number of amides is 2. The second-order valence-corrected chi connectivity index (χ2v) is 5.76. The highest BCUT2D eigenvalue weighted by molar-refractivity contribution is 5.95. The van der Waals surface area contributed by atoms with Gasteiger partial charge in [-0.25, -0.2) is 0 Å². The van der Waals surface area contributed by atoms with Gasteiger partial charge in [0.05, 0.1) is 13.0 Å². The third kappa shape index (κ3) is 4.59. The normalized spacial score (nSPS) is 10.1. The van der Waals surface area contributed by atoms with Crippen LogP contribution in [0.1, 0.15) is 5.56 Å². The number of anilines is 2. The summed E-state index contributed by atoms with van der Waals surface area (Å²) in [4.78, 5) is 27.4. The summed E-state index contributed by atoms with van der Waals surface area (Å²) in [6.45, 7) is 0.165. The van der Waals surface area contributed by atoms with Gasteiger partial charge in [0.15, 0.2) is 0 Å². The summed E-state index contributed by atoms with van der Waals surface area (Å²) < 4.78 is 0. The number of nitrogens with one attached hydrogen (secondary N) is 1. The van der Waals surface area contributed by atoms with Crippen molar-refractivity contribution in [3.05, 3.63) is 60.2 Å². The van der Waals surface area contributed by atoms with E-state index in [-0.39, 0.29) is 18.4 Å². The van der Waals surface area contributed by atoms with Gasteiger partial charge in [-0.15, -0.1) is 0 Å². The van der Waals surface area contributed by atoms with E-state index in [9.17, 15) is 9.59 Å². The lowest BCUT2D eigenvalue weighted by molar-refractivity contribution is -0.127. The van der Waals surface area contributed by atoms with Gasteiger partial charge in [-0.3, -0.25) is 9.59 Å². The molecule has 0 saturated carbocycles. The van der Waals surface area contributed by atoms with Crippen LogP contribution in [-0.4, -0.2) is 44.4 Å². The largest absolute Gasteiger partial charge is 0.376 e. The monoisotopic (exact) mass is 325 g/mol. The van der Waals surface area contributed by atoms with Crippen LogP contribution >= 0.6 is 0 Å². The second kappa shape index (κ2) is 8.15. The smallest absolute Gasteiger partial charge is 0.246 e. The van der Waals surface area contributed by atoms with Crippen LogP contribution in [0.3, 0.4) is 0 Å². The van der Waals surface area contributed by atoms with Crippen molar-refractivity contribution in [2.75, 3.05) is 37.9 Å². The summed E-state index contributed by atoms with van der Waals surface area (Å²) in [7, 11) is 5.22. The Labute approximate surface area is 142 Å². The summed E-state index contributed by atoms with van der Waals surface area (Å²) in [6.07, 6.45) is 0.304. The molecule has 2 aromatic carbocycles. The first-order valence-electron chi connectivity index (χ1n) is 7.82. The van der Waals surface area contributed by atoms with E-state index in [0.717, 1.165) is 16.9 Å². The van der Waals surface area contributed by atoms with Gasteiger partial charge < -0.3 is 15.1 Å². The molecule has 2 amide bonds. The number of carbonyl (C=O) groups excluding carboxylic acids is 2. The quantitative estimate of drug-likeness (QED) is 0.887. The number of carbonyl (C=O) groups is 2. The third-order valence-electron chi connectivity index (χ3n) is 3.81. The van der Waals surface area contributed by atoms with Crippen molar-refractivity contribution in [3.63, 3.8) is 0 Å². The van der Waals surface area contributed by atoms with Crippen LogP contribution in [0.15, 0.2) is 54.6 Å². The predicted octanol–water partition coefficient (Wildman–Crippen LogP) is 2.39. The van der Waals surface area contributed by atoms with Crippen molar-refractivity contribution in [3.8, 4) is 0 Å². The topological polar surface area (TPSA) is 52.7 Å². The zero-order valence-corrected chi connectivity index (χ0v) is 14.3. The molecular weight excluding hydrogens is 302 g/mol. The maximum absolute atomic E-state index is 12.3. The standard InChI is InChI=1S/C19H23N3O2/c1-21(2)18(23)13-15-9-7-8-12-17(15)20-14-19(24)22(3)16-10-5-4-6-11-16/h4-12,20H,13-14H2,1-3H3. The molecule has 0 atom stereocenters. The average molecular weight is 325 g/mol. The first-order valence-corrected chi connectivity index (χ1v) is 7.82. The Balaban J connectivity index is 2.01. The maximum Gasteiger partial charge on any atom is 0.246 e. The minimum Gasteiger partial charge on any atom is -0.376 e. The lowest BCUT2D eigenvalue weighted by atomic mass is 10.1. The summed E-state index contributed by atoms with van der Waals surface area (Å²) in [6, 6.07) is 17.0. The molecule has 0 unspecified atom stereocenters. The fourth-order valence-corrected chi connectivity index (χ4v) is 2.25. The van der Waals surface area contributed by atoms with Crippen LogP contribution in [0.25, 0.3) is 0 Å². The summed E-state index contributed by atoms with van der Waals surface area (Å²) in [5.41, 5.74) is 2.54. The van der Waals surface area contributed by atoms with E-state index in [1.807, 2.05) is 54.6 Å². The molecule has 24 heavy (non-hydrogen) atoms. The van der Waals surface area contributed by atoms with Gasteiger partial charge in [-0.2, -0.15) is 0 Å². The Bertz CT molecular complexity index is 699. The van der Waals surface area contributed by atoms with Gasteiger partial charge in [0.1, 0.15) is 0 Å². The van der Waals surface area contributed by atoms with Gasteiger partial charge in [0, 0.05) is 32.5 Å². The summed E-state index contributed by atoms with van der Waals surface area (Å²) in [5, 5.41) is 3.15. The molecular formula is C19H23N3O2. The molecule has 126 valence electrons. The molecule has 0 aliphatic rings. The van der Waals surface area contributed by atoms with E-state index in [0.29, 0.717) is 6.42 Å². The molecule has 0 radical (unpaired) electrons. The van der Waals surface area contributed by atoms with Crippen LogP contribution in [0.5, 0.6) is 0 Å². The van der Waals surface area contributed by atoms with Crippen molar-refractivity contribution in [2.24, 2.45) is 0 Å². The number of nitrogens with zero attached hydrogens (tertiary/aromatic N) is 2. The number of hydrogen-bond donors (Lipinski definition) is 1. The van der Waals surface area contributed by atoms with E-state index in [4.69, 9.17) is 0 Å². The van der Waals surface area contributed by atoms with Gasteiger partial charge in [-0.05, 0) is 23.8 Å². The molecule has 0 aliphatic carbocycles. The Morgan fingerprint density at radius 3 is 2.17 bits per heavy atom. The highest BCUT2D eigenvalue weighted by atomic mass is 16.2. The van der Waals surface area contributed by atoms with Crippen LogP contribution in [-0.2, 0) is 16.0 Å². The molecule has 2 rings (SSSR count). The molecule has 0 fully saturated rings. The maximum atomic E-state index is 12.3. The van der Waals surface area contributed by atoms with Crippen LogP contribution < -0.4 is 10.2 Å². The van der Waals surface area contributed by atoms with Crippen molar-refractivity contribution >= 4 is 23.2 Å². The number of hydrogen-bond acceptors (Lipinski definition) is 3. The van der Waals surface area contributed by atoms with Crippen LogP contribution in [0.4, 0.5) is 11.4 Å². The fourth-order valence-electron chi connectivity index (χ4n) is 2.25. The van der Waals surface area contributed by atoms with Gasteiger partial charge in [0.2, 0.25) is 11.8 Å². The van der Waals surface area contributed by atoms with Crippen molar-refractivity contribution < 1.29 is 9.59 Å². The fraction of sp³-hybridized carbons (Fsp3) is 0.263. The summed E-state index contributed by atoms with van der Waals surface area (Å²) in [5.74, 6) is -0.0214. The number of benzene rings is 2. The van der Waals surface area contributed by atoms with E-state index in [1.54, 1.807) is 30.9 Å². The lowest BCUT2D eigenvalue weighted by Gasteiger charge is -2.19. The first kappa shape index (κ1) is 17.5. The minimum absolute atomic E-state index is 0.0250. The molecule has 1 N–H and O–H groups in total. The summed E-state index contributed by atoms with van der Waals surface area (Å²) >= 11 is 0. The molecule has 0 aliphatic heterocycles. The molecule has 0 heterocycles. The molecule has 0 spiro atoms. The third-order valence-corrected chi connectivity index (χ3v) is 3.81. The molecule has 0 saturated heterocycles. The SMILES string of the molecule is CN(C)C(=O)Cc1ccccc1NCC(=O)N(C)c1ccccc1. The van der Waals surface area contributed by atoms with E-state index < -0.39 is 0 Å². The first-order chi connectivity index (χ1) is 11.5. The molecule has 5 heteroatoms. The van der Waals surface area contributed by atoms with Crippen molar-refractivity contribution in [1.82, 2.24) is 4.90 Å². The lowest BCUT2D eigenvalue weighted by Crippen LogP contribution is -2.32. The van der Waals surface area contributed by atoms with Crippen LogP contribution in [0, 0.1) is 0 Å². The molecule has 5 nitrogen and oxygen atoms in total. The Morgan fingerprint density at radius 2 is 1.50 bits per heavy atom. The van der Waals surface area contributed by atoms with Gasteiger partial charge in [0.25, 0.3) is 0 Å². The zero-order valence-electron chi connectivity index (χ0n) is 14.3. The number of rotatable bonds is 6.